The van der Waals surface area contributed by atoms with Crippen LogP contribution in [0, 0.1) is 0 Å². The summed E-state index contributed by atoms with van der Waals surface area (Å²) in [4.78, 5) is 9.23. The molecule has 2 N–H and O–H groups in total. The Kier molecular flexibility index (Phi) is 4.86. The number of aromatic hydroxyl groups is 2. The number of phenolic OH excluding ortho intramolecular Hbond substituents is 2. The van der Waals surface area contributed by atoms with Crippen LogP contribution < -0.4 is 4.74 Å². The highest BCUT2D eigenvalue weighted by Crippen LogP contribution is 2.39. The molecule has 0 atom stereocenters. The second kappa shape index (κ2) is 7.85. The van der Waals surface area contributed by atoms with Crippen molar-refractivity contribution < 1.29 is 14.9 Å². The summed E-state index contributed by atoms with van der Waals surface area (Å²) in [5.41, 5.74) is 1.75. The molecule has 0 radical (unpaired) electrons. The van der Waals surface area contributed by atoms with Gasteiger partial charge in [-0.15, -0.1) is 0 Å². The van der Waals surface area contributed by atoms with E-state index in [9.17, 15) is 10.2 Å². The summed E-state index contributed by atoms with van der Waals surface area (Å²) in [7, 11) is 0. The van der Waals surface area contributed by atoms with Crippen LogP contribution in [0.3, 0.4) is 0 Å². The average molecular weight is 422 g/mol. The van der Waals surface area contributed by atoms with E-state index in [-0.39, 0.29) is 29.0 Å². The largest absolute Gasteiger partial charge is 0.507 e. The topological polar surface area (TPSA) is 75.5 Å². The van der Waals surface area contributed by atoms with Gasteiger partial charge in [-0.2, -0.15) is 4.98 Å². The van der Waals surface area contributed by atoms with E-state index in [1.165, 1.54) is 12.1 Å². The molecule has 0 saturated carbocycles. The van der Waals surface area contributed by atoms with Crippen molar-refractivity contribution in [1.29, 1.82) is 0 Å². The molecule has 32 heavy (non-hydrogen) atoms. The fourth-order valence-electron chi connectivity index (χ4n) is 4.00. The third kappa shape index (κ3) is 3.48. The van der Waals surface area contributed by atoms with Crippen LogP contribution in [0.2, 0.25) is 0 Å². The Morgan fingerprint density at radius 1 is 0.719 bits per heavy atom. The average Bonchev–Trinajstić information content (AvgIpc) is 2.78. The number of aromatic nitrogens is 2. The Labute approximate surface area is 185 Å². The number of hydrogen-bond donors (Lipinski definition) is 2. The molecule has 5 heteroatoms. The van der Waals surface area contributed by atoms with E-state index < -0.39 is 0 Å². The third-order valence-electron chi connectivity index (χ3n) is 5.35. The number of fused-ring (bicyclic) bond motifs is 3. The van der Waals surface area contributed by atoms with Crippen LogP contribution in [-0.4, -0.2) is 26.3 Å². The van der Waals surface area contributed by atoms with Gasteiger partial charge >= 0.3 is 0 Å². The van der Waals surface area contributed by atoms with Crippen molar-refractivity contribution in [1.82, 2.24) is 9.97 Å². The van der Waals surface area contributed by atoms with Gasteiger partial charge in [0.2, 0.25) is 5.88 Å². The van der Waals surface area contributed by atoms with E-state index in [1.54, 1.807) is 12.1 Å². The van der Waals surface area contributed by atoms with Gasteiger partial charge in [0, 0.05) is 11.6 Å². The second-order valence-electron chi connectivity index (χ2n) is 7.94. The lowest BCUT2D eigenvalue weighted by atomic mass is 9.95. The van der Waals surface area contributed by atoms with Gasteiger partial charge < -0.3 is 14.9 Å². The summed E-state index contributed by atoms with van der Waals surface area (Å²) in [6, 6.07) is 24.9. The first-order valence-electron chi connectivity index (χ1n) is 10.5. The van der Waals surface area contributed by atoms with Crippen molar-refractivity contribution in [2.45, 2.75) is 20.0 Å². The van der Waals surface area contributed by atoms with Crippen molar-refractivity contribution in [3.63, 3.8) is 0 Å². The highest BCUT2D eigenvalue weighted by atomic mass is 16.5. The zero-order valence-electron chi connectivity index (χ0n) is 17.8. The molecule has 0 aliphatic rings. The van der Waals surface area contributed by atoms with E-state index in [1.807, 2.05) is 38.1 Å². The number of hydrogen-bond acceptors (Lipinski definition) is 5. The Hall–Kier alpha value is -4.12. The number of nitrogens with zero attached hydrogens (tertiary/aromatic N) is 2. The Morgan fingerprint density at radius 3 is 2.09 bits per heavy atom. The van der Waals surface area contributed by atoms with Gasteiger partial charge in [-0.25, -0.2) is 4.98 Å². The predicted octanol–water partition coefficient (Wildman–Crippen LogP) is 6.32. The molecule has 4 aromatic carbocycles. The van der Waals surface area contributed by atoms with E-state index >= 15 is 0 Å². The molecule has 5 rings (SSSR count). The van der Waals surface area contributed by atoms with Gasteiger partial charge in [0.25, 0.3) is 0 Å². The molecule has 5 aromatic rings. The van der Waals surface area contributed by atoms with Crippen LogP contribution in [0.5, 0.6) is 17.4 Å². The van der Waals surface area contributed by atoms with Gasteiger partial charge in [0.1, 0.15) is 17.1 Å². The summed E-state index contributed by atoms with van der Waals surface area (Å²) < 4.78 is 5.90. The molecule has 0 unspecified atom stereocenters. The molecule has 0 aliphatic heterocycles. The first kappa shape index (κ1) is 19.8. The Balaban J connectivity index is 1.82. The zero-order chi connectivity index (χ0) is 22.2. The SMILES string of the molecule is CC(C)Oc1cc(-c2cc3ccccc3c3ccccc23)nc(-c2c(O)cccc2O)n1. The van der Waals surface area contributed by atoms with E-state index in [0.717, 1.165) is 27.1 Å². The molecule has 158 valence electrons. The van der Waals surface area contributed by atoms with Crippen molar-refractivity contribution in [3.05, 3.63) is 78.9 Å². The van der Waals surface area contributed by atoms with Crippen LogP contribution in [0.15, 0.2) is 78.9 Å². The lowest BCUT2D eigenvalue weighted by molar-refractivity contribution is 0.232. The van der Waals surface area contributed by atoms with Gasteiger partial charge in [0.15, 0.2) is 5.82 Å². The summed E-state index contributed by atoms with van der Waals surface area (Å²) >= 11 is 0. The van der Waals surface area contributed by atoms with Gasteiger partial charge in [0.05, 0.1) is 11.8 Å². The number of benzene rings is 4. The lowest BCUT2D eigenvalue weighted by Crippen LogP contribution is -2.08. The second-order valence-corrected chi connectivity index (χ2v) is 7.94. The maximum Gasteiger partial charge on any atom is 0.217 e. The number of phenols is 2. The summed E-state index contributed by atoms with van der Waals surface area (Å²) in [5, 5.41) is 25.3. The molecular weight excluding hydrogens is 400 g/mol. The zero-order valence-corrected chi connectivity index (χ0v) is 17.8. The maximum absolute atomic E-state index is 10.4. The first-order valence-corrected chi connectivity index (χ1v) is 10.5. The minimum atomic E-state index is -0.100. The van der Waals surface area contributed by atoms with Crippen LogP contribution in [0.25, 0.3) is 44.2 Å². The molecule has 0 fully saturated rings. The highest BCUT2D eigenvalue weighted by Gasteiger charge is 2.18. The predicted molar refractivity (Wildman–Crippen MR) is 127 cm³/mol. The van der Waals surface area contributed by atoms with E-state index in [2.05, 4.69) is 35.3 Å². The Bertz CT molecular complexity index is 1440. The number of rotatable bonds is 4. The van der Waals surface area contributed by atoms with Crippen LogP contribution >= 0.6 is 0 Å². The molecule has 0 saturated heterocycles. The van der Waals surface area contributed by atoms with Crippen LogP contribution in [0.4, 0.5) is 0 Å². The lowest BCUT2D eigenvalue weighted by Gasteiger charge is -2.15. The minimum absolute atomic E-state index is 0.0963. The van der Waals surface area contributed by atoms with Gasteiger partial charge in [-0.1, -0.05) is 54.6 Å². The summed E-state index contributed by atoms with van der Waals surface area (Å²) in [6.45, 7) is 3.84. The minimum Gasteiger partial charge on any atom is -0.507 e. The molecule has 1 aromatic heterocycles. The quantitative estimate of drug-likeness (QED) is 0.332. The number of ether oxygens (including phenoxy) is 1. The maximum atomic E-state index is 10.4. The highest BCUT2D eigenvalue weighted by molar-refractivity contribution is 6.13. The first-order chi connectivity index (χ1) is 15.5. The fourth-order valence-corrected chi connectivity index (χ4v) is 4.00. The molecule has 0 bridgehead atoms. The summed E-state index contributed by atoms with van der Waals surface area (Å²) in [5.74, 6) is 0.382. The van der Waals surface area contributed by atoms with Crippen LogP contribution in [0.1, 0.15) is 13.8 Å². The van der Waals surface area contributed by atoms with Crippen molar-refractivity contribution in [2.75, 3.05) is 0 Å². The third-order valence-corrected chi connectivity index (χ3v) is 5.35. The molecular formula is C27H22N2O3. The van der Waals surface area contributed by atoms with Gasteiger partial charge in [-0.3, -0.25) is 0 Å². The molecule has 5 nitrogen and oxygen atoms in total. The molecule has 1 heterocycles. The van der Waals surface area contributed by atoms with Gasteiger partial charge in [-0.05, 0) is 53.6 Å². The monoisotopic (exact) mass is 422 g/mol. The van der Waals surface area contributed by atoms with Crippen LogP contribution in [-0.2, 0) is 0 Å². The fraction of sp³-hybridized carbons (Fsp3) is 0.111. The van der Waals surface area contributed by atoms with Crippen molar-refractivity contribution in [2.24, 2.45) is 0 Å². The normalized spacial score (nSPS) is 11.3. The van der Waals surface area contributed by atoms with E-state index in [4.69, 9.17) is 9.72 Å². The Morgan fingerprint density at radius 2 is 1.38 bits per heavy atom. The molecule has 0 amide bonds. The smallest absolute Gasteiger partial charge is 0.217 e. The van der Waals surface area contributed by atoms with E-state index in [0.29, 0.717) is 11.6 Å². The van der Waals surface area contributed by atoms with Crippen molar-refractivity contribution >= 4 is 21.5 Å². The molecule has 0 spiro atoms. The summed E-state index contributed by atoms with van der Waals surface area (Å²) in [6.07, 6.45) is -0.100. The molecule has 0 aliphatic carbocycles. The standard InChI is InChI=1S/C27H22N2O3/c1-16(2)32-25-15-22(28-27(29-25)26-23(30)12-7-13-24(26)31)21-14-17-8-3-4-9-18(17)19-10-5-6-11-20(19)21/h3-16,30-31H,1-2H3. The van der Waals surface area contributed by atoms with Crippen molar-refractivity contribution in [3.8, 4) is 40.0 Å².